The molecule has 3 nitrogen and oxygen atoms in total. The molecule has 1 rings (SSSR count). The topological polar surface area (TPSA) is 43.1 Å². The van der Waals surface area contributed by atoms with Crippen LogP contribution in [0, 0.1) is 10.1 Å². The Morgan fingerprint density at radius 1 is 1.23 bits per heavy atom. The molecule has 68 valence electrons. The summed E-state index contributed by atoms with van der Waals surface area (Å²) in [6.07, 6.45) is 0. The fourth-order valence-electron chi connectivity index (χ4n) is 0.784. The molecule has 0 saturated carbocycles. The lowest BCUT2D eigenvalue weighted by Crippen LogP contribution is -1.93. The molecule has 13 heavy (non-hydrogen) atoms. The van der Waals surface area contributed by atoms with Gasteiger partial charge in [-0.15, -0.1) is 0 Å². The Kier molecular flexibility index (Phi) is 3.28. The monoisotopic (exact) mass is 217 g/mol. The molecule has 0 heterocycles. The van der Waals surface area contributed by atoms with E-state index in [2.05, 4.69) is 0 Å². The number of benzene rings is 1. The predicted molar refractivity (Wildman–Crippen MR) is 52.1 cm³/mol. The molecule has 0 spiro atoms. The molecule has 1 aromatic carbocycles. The van der Waals surface area contributed by atoms with Gasteiger partial charge in [-0.05, 0) is 11.6 Å². The van der Waals surface area contributed by atoms with E-state index in [4.69, 9.17) is 23.2 Å². The highest BCUT2D eigenvalue weighted by molar-refractivity contribution is 6.53. The van der Waals surface area contributed by atoms with Crippen molar-refractivity contribution in [1.29, 1.82) is 0 Å². The minimum absolute atomic E-state index is 0.0488. The summed E-state index contributed by atoms with van der Waals surface area (Å²) in [7, 11) is 0. The molecule has 0 fully saturated rings. The van der Waals surface area contributed by atoms with Crippen LogP contribution in [-0.4, -0.2) is 4.92 Å². The minimum Gasteiger partial charge on any atom is -0.257 e. The first-order valence-corrected chi connectivity index (χ1v) is 4.13. The van der Waals surface area contributed by atoms with Gasteiger partial charge in [0.15, 0.2) is 0 Å². The Balaban J connectivity index is 3.11. The highest BCUT2D eigenvalue weighted by Crippen LogP contribution is 2.25. The zero-order valence-electron chi connectivity index (χ0n) is 6.41. The zero-order chi connectivity index (χ0) is 9.84. The van der Waals surface area contributed by atoms with Crippen molar-refractivity contribution in [1.82, 2.24) is 0 Å². The fourth-order valence-corrected chi connectivity index (χ4v) is 1.09. The van der Waals surface area contributed by atoms with Gasteiger partial charge in [0.05, 0.1) is 4.92 Å². The molecular weight excluding hydrogens is 213 g/mol. The predicted octanol–water partition coefficient (Wildman–Crippen LogP) is 3.07. The molecule has 0 amide bonds. The van der Waals surface area contributed by atoms with Crippen molar-refractivity contribution in [3.63, 3.8) is 0 Å². The molecule has 0 saturated heterocycles. The van der Waals surface area contributed by atoms with Crippen LogP contribution in [0.3, 0.4) is 0 Å². The maximum atomic E-state index is 10.2. The lowest BCUT2D eigenvalue weighted by atomic mass is 10.2. The molecule has 0 radical (unpaired) electrons. The third kappa shape index (κ3) is 2.44. The van der Waals surface area contributed by atoms with Gasteiger partial charge in [-0.3, -0.25) is 10.1 Å². The van der Waals surface area contributed by atoms with Gasteiger partial charge in [-0.1, -0.05) is 41.9 Å². The van der Waals surface area contributed by atoms with E-state index < -0.39 is 10.1 Å². The second-order valence-corrected chi connectivity index (χ2v) is 2.96. The SMILES string of the molecule is O=[N+]([O-])/C(Cl)=C(\Cl)c1ccccc1. The Hall–Kier alpha value is -1.06. The molecule has 0 aliphatic carbocycles. The molecule has 1 aromatic rings. The largest absolute Gasteiger partial charge is 0.356 e. The van der Waals surface area contributed by atoms with Crippen molar-refractivity contribution in [3.05, 3.63) is 51.2 Å². The van der Waals surface area contributed by atoms with Gasteiger partial charge in [0.1, 0.15) is 5.03 Å². The van der Waals surface area contributed by atoms with Gasteiger partial charge in [0.2, 0.25) is 0 Å². The molecular formula is C8H5Cl2NO2. The van der Waals surface area contributed by atoms with Gasteiger partial charge in [0.25, 0.3) is 0 Å². The third-order valence-electron chi connectivity index (χ3n) is 1.37. The third-order valence-corrected chi connectivity index (χ3v) is 2.19. The van der Waals surface area contributed by atoms with Crippen LogP contribution in [0.2, 0.25) is 0 Å². The second-order valence-electron chi connectivity index (χ2n) is 2.23. The van der Waals surface area contributed by atoms with E-state index in [0.29, 0.717) is 5.56 Å². The standard InChI is InChI=1S/C8H5Cl2NO2/c9-7(8(10)11(12)13)6-4-2-1-3-5-6/h1-5H/b8-7-. The van der Waals surface area contributed by atoms with E-state index in [1.165, 1.54) is 0 Å². The molecule has 0 aliphatic rings. The van der Waals surface area contributed by atoms with Crippen LogP contribution in [0.1, 0.15) is 5.56 Å². The summed E-state index contributed by atoms with van der Waals surface area (Å²) >= 11 is 11.0. The normalized spacial score (nSPS) is 12.2. The van der Waals surface area contributed by atoms with E-state index in [1.807, 2.05) is 0 Å². The number of hydrogen-bond acceptors (Lipinski definition) is 2. The zero-order valence-corrected chi connectivity index (χ0v) is 7.92. The summed E-state index contributed by atoms with van der Waals surface area (Å²) in [6.45, 7) is 0. The fraction of sp³-hybridized carbons (Fsp3) is 0. The lowest BCUT2D eigenvalue weighted by Gasteiger charge is -1.96. The van der Waals surface area contributed by atoms with Crippen molar-refractivity contribution < 1.29 is 4.92 Å². The van der Waals surface area contributed by atoms with Crippen molar-refractivity contribution in [2.45, 2.75) is 0 Å². The molecule has 0 unspecified atom stereocenters. The first-order chi connectivity index (χ1) is 6.13. The first kappa shape index (κ1) is 10.0. The van der Waals surface area contributed by atoms with E-state index in [1.54, 1.807) is 30.3 Å². The summed E-state index contributed by atoms with van der Waals surface area (Å²) in [4.78, 5) is 9.52. The van der Waals surface area contributed by atoms with Gasteiger partial charge < -0.3 is 0 Å². The van der Waals surface area contributed by atoms with E-state index >= 15 is 0 Å². The number of rotatable bonds is 2. The Morgan fingerprint density at radius 3 is 2.23 bits per heavy atom. The number of halogens is 2. The molecule has 0 atom stereocenters. The van der Waals surface area contributed by atoms with E-state index in [-0.39, 0.29) is 5.03 Å². The smallest absolute Gasteiger partial charge is 0.257 e. The molecule has 0 N–H and O–H groups in total. The van der Waals surface area contributed by atoms with Crippen molar-refractivity contribution in [2.24, 2.45) is 0 Å². The quantitative estimate of drug-likeness (QED) is 0.434. The minimum atomic E-state index is -0.725. The number of nitrogens with zero attached hydrogens (tertiary/aromatic N) is 1. The van der Waals surface area contributed by atoms with E-state index in [0.717, 1.165) is 0 Å². The van der Waals surface area contributed by atoms with Gasteiger partial charge in [-0.25, -0.2) is 0 Å². The maximum absolute atomic E-state index is 10.2. The Labute approximate surface area is 84.7 Å². The van der Waals surface area contributed by atoms with Crippen molar-refractivity contribution in [3.8, 4) is 0 Å². The van der Waals surface area contributed by atoms with Gasteiger partial charge in [0, 0.05) is 5.56 Å². The highest BCUT2D eigenvalue weighted by Gasteiger charge is 2.14. The van der Waals surface area contributed by atoms with Crippen LogP contribution in [0.25, 0.3) is 5.03 Å². The number of nitro groups is 1. The number of hydrogen-bond donors (Lipinski definition) is 0. The average molecular weight is 218 g/mol. The second kappa shape index (κ2) is 4.25. The Bertz CT molecular complexity index is 348. The summed E-state index contributed by atoms with van der Waals surface area (Å²) < 4.78 is 0. The van der Waals surface area contributed by atoms with Crippen molar-refractivity contribution in [2.75, 3.05) is 0 Å². The molecule has 0 aliphatic heterocycles. The van der Waals surface area contributed by atoms with Crippen LogP contribution in [0.4, 0.5) is 0 Å². The highest BCUT2D eigenvalue weighted by atomic mass is 35.5. The maximum Gasteiger partial charge on any atom is 0.356 e. The first-order valence-electron chi connectivity index (χ1n) is 3.38. The van der Waals surface area contributed by atoms with Gasteiger partial charge >= 0.3 is 5.16 Å². The lowest BCUT2D eigenvalue weighted by molar-refractivity contribution is -0.410. The molecule has 0 aromatic heterocycles. The summed E-state index contributed by atoms with van der Waals surface area (Å²) in [6, 6.07) is 8.53. The van der Waals surface area contributed by atoms with Crippen LogP contribution >= 0.6 is 23.2 Å². The summed E-state index contributed by atoms with van der Waals surface area (Å²) in [5.74, 6) is 0. The van der Waals surface area contributed by atoms with Crippen LogP contribution in [0.15, 0.2) is 35.5 Å². The molecule has 0 bridgehead atoms. The van der Waals surface area contributed by atoms with Crippen molar-refractivity contribution >= 4 is 28.2 Å². The van der Waals surface area contributed by atoms with Crippen LogP contribution < -0.4 is 0 Å². The van der Waals surface area contributed by atoms with E-state index in [9.17, 15) is 10.1 Å². The summed E-state index contributed by atoms with van der Waals surface area (Å²) in [5.41, 5.74) is 0.533. The van der Waals surface area contributed by atoms with Crippen LogP contribution in [0.5, 0.6) is 0 Å². The summed E-state index contributed by atoms with van der Waals surface area (Å²) in [5, 5.41) is 9.63. The average Bonchev–Trinajstić information content (AvgIpc) is 2.17. The Morgan fingerprint density at radius 2 is 1.77 bits per heavy atom. The van der Waals surface area contributed by atoms with Crippen LogP contribution in [-0.2, 0) is 0 Å². The molecule has 5 heteroatoms. The van der Waals surface area contributed by atoms with Gasteiger partial charge in [-0.2, -0.15) is 0 Å².